The number of hydrazine groups is 1. The number of nitrogens with one attached hydrogen (secondary N) is 1. The Morgan fingerprint density at radius 2 is 2.31 bits per heavy atom. The fourth-order valence-corrected chi connectivity index (χ4v) is 1.86. The first-order chi connectivity index (χ1) is 7.72. The molecule has 1 heterocycles. The lowest BCUT2D eigenvalue weighted by Gasteiger charge is -2.18. The third kappa shape index (κ3) is 2.19. The van der Waals surface area contributed by atoms with Crippen molar-refractivity contribution in [2.45, 2.75) is 12.5 Å². The average molecular weight is 243 g/mol. The molecule has 1 unspecified atom stereocenters. The van der Waals surface area contributed by atoms with E-state index in [2.05, 4.69) is 5.43 Å². The van der Waals surface area contributed by atoms with Crippen molar-refractivity contribution in [1.82, 2.24) is 5.43 Å². The minimum absolute atomic E-state index is 0.360. The van der Waals surface area contributed by atoms with Crippen LogP contribution in [0.4, 0.5) is 4.39 Å². The van der Waals surface area contributed by atoms with Gasteiger partial charge in [0.2, 0.25) is 0 Å². The highest BCUT2D eigenvalue weighted by atomic mass is 35.5. The summed E-state index contributed by atoms with van der Waals surface area (Å²) in [6, 6.07) is 4.03. The quantitative estimate of drug-likeness (QED) is 0.632. The summed E-state index contributed by atoms with van der Waals surface area (Å²) in [5.41, 5.74) is 2.97. The fourth-order valence-electron chi connectivity index (χ4n) is 1.70. The molecule has 0 aromatic heterocycles. The van der Waals surface area contributed by atoms with E-state index in [-0.39, 0.29) is 0 Å². The molecule has 0 fully saturated rings. The van der Waals surface area contributed by atoms with Crippen LogP contribution in [0.2, 0.25) is 5.02 Å². The van der Waals surface area contributed by atoms with Gasteiger partial charge in [0.15, 0.2) is 0 Å². The number of ether oxygens (including phenoxy) is 1. The zero-order chi connectivity index (χ0) is 11.5. The van der Waals surface area contributed by atoms with Crippen LogP contribution in [0.1, 0.15) is 18.0 Å². The van der Waals surface area contributed by atoms with Crippen molar-refractivity contribution in [2.75, 3.05) is 6.61 Å². The molecule has 3 nitrogen and oxygen atoms in total. The molecule has 2 rings (SSSR count). The fraction of sp³-hybridized carbons (Fsp3) is 0.273. The van der Waals surface area contributed by atoms with E-state index in [9.17, 15) is 4.39 Å². The second-order valence-electron chi connectivity index (χ2n) is 3.51. The van der Waals surface area contributed by atoms with E-state index in [1.165, 1.54) is 6.07 Å². The Hall–Kier alpha value is -1.10. The van der Waals surface area contributed by atoms with E-state index in [0.717, 1.165) is 6.42 Å². The zero-order valence-electron chi connectivity index (χ0n) is 8.54. The van der Waals surface area contributed by atoms with Gasteiger partial charge in [-0.05, 0) is 18.2 Å². The van der Waals surface area contributed by atoms with E-state index in [1.807, 2.05) is 6.08 Å². The molecule has 5 heteroatoms. The summed E-state index contributed by atoms with van der Waals surface area (Å²) >= 11 is 5.69. The lowest BCUT2D eigenvalue weighted by atomic mass is 10.0. The van der Waals surface area contributed by atoms with Gasteiger partial charge in [-0.2, -0.15) is 0 Å². The van der Waals surface area contributed by atoms with Crippen LogP contribution in [0.3, 0.4) is 0 Å². The number of rotatable bonds is 3. The summed E-state index contributed by atoms with van der Waals surface area (Å²) < 4.78 is 19.0. The van der Waals surface area contributed by atoms with Gasteiger partial charge in [-0.1, -0.05) is 17.7 Å². The maximum Gasteiger partial charge on any atom is 0.129 e. The van der Waals surface area contributed by atoms with Gasteiger partial charge in [0, 0.05) is 17.0 Å². The lowest BCUT2D eigenvalue weighted by Crippen LogP contribution is -2.30. The number of nitrogens with two attached hydrogens (primary N) is 1. The normalized spacial score (nSPS) is 16.8. The Balaban J connectivity index is 2.32. The molecule has 3 N–H and O–H groups in total. The van der Waals surface area contributed by atoms with Crippen LogP contribution in [0, 0.1) is 5.82 Å². The average Bonchev–Trinajstić information content (AvgIpc) is 2.75. The van der Waals surface area contributed by atoms with Gasteiger partial charge in [0.1, 0.15) is 17.6 Å². The Morgan fingerprint density at radius 1 is 1.50 bits per heavy atom. The van der Waals surface area contributed by atoms with Crippen LogP contribution in [-0.4, -0.2) is 6.61 Å². The summed E-state index contributed by atoms with van der Waals surface area (Å²) in [6.07, 6.45) is 2.72. The maximum absolute atomic E-state index is 13.7. The summed E-state index contributed by atoms with van der Waals surface area (Å²) in [4.78, 5) is 0. The molecule has 0 radical (unpaired) electrons. The molecule has 0 aliphatic carbocycles. The van der Waals surface area contributed by atoms with Crippen molar-refractivity contribution in [3.8, 4) is 0 Å². The number of hydrogen-bond acceptors (Lipinski definition) is 3. The predicted molar refractivity (Wildman–Crippen MR) is 60.1 cm³/mol. The van der Waals surface area contributed by atoms with Gasteiger partial charge < -0.3 is 4.74 Å². The Morgan fingerprint density at radius 3 is 2.88 bits per heavy atom. The van der Waals surface area contributed by atoms with Gasteiger partial charge in [0.05, 0.1) is 6.61 Å². The number of benzene rings is 1. The third-order valence-corrected chi connectivity index (χ3v) is 2.69. The highest BCUT2D eigenvalue weighted by Crippen LogP contribution is 2.28. The number of halogens is 2. The Labute approximate surface area is 98.0 Å². The smallest absolute Gasteiger partial charge is 0.129 e. The SMILES string of the molecule is NNC(C1=CCCO1)c1ccc(Cl)cc1F. The molecule has 1 atom stereocenters. The van der Waals surface area contributed by atoms with Gasteiger partial charge in [0.25, 0.3) is 0 Å². The molecule has 0 saturated heterocycles. The first-order valence-corrected chi connectivity index (χ1v) is 5.34. The molecule has 1 aromatic rings. The van der Waals surface area contributed by atoms with Crippen molar-refractivity contribution in [3.05, 3.63) is 46.4 Å². The summed E-state index contributed by atoms with van der Waals surface area (Å²) in [6.45, 7) is 0.614. The van der Waals surface area contributed by atoms with Crippen molar-refractivity contribution >= 4 is 11.6 Å². The van der Waals surface area contributed by atoms with Gasteiger partial charge in [-0.15, -0.1) is 0 Å². The van der Waals surface area contributed by atoms with Crippen LogP contribution in [0.5, 0.6) is 0 Å². The van der Waals surface area contributed by atoms with Crippen molar-refractivity contribution in [3.63, 3.8) is 0 Å². The second kappa shape index (κ2) is 4.82. The molecule has 1 aromatic carbocycles. The molecule has 1 aliphatic rings. The van der Waals surface area contributed by atoms with E-state index in [1.54, 1.807) is 12.1 Å². The van der Waals surface area contributed by atoms with Crippen LogP contribution in [0.15, 0.2) is 30.0 Å². The highest BCUT2D eigenvalue weighted by Gasteiger charge is 2.22. The van der Waals surface area contributed by atoms with Crippen LogP contribution < -0.4 is 11.3 Å². The molecule has 0 bridgehead atoms. The molecule has 16 heavy (non-hydrogen) atoms. The highest BCUT2D eigenvalue weighted by molar-refractivity contribution is 6.30. The van der Waals surface area contributed by atoms with E-state index < -0.39 is 11.9 Å². The van der Waals surface area contributed by atoms with E-state index >= 15 is 0 Å². The van der Waals surface area contributed by atoms with Gasteiger partial charge >= 0.3 is 0 Å². The maximum atomic E-state index is 13.7. The van der Waals surface area contributed by atoms with Gasteiger partial charge in [-0.3, -0.25) is 5.84 Å². The largest absolute Gasteiger partial charge is 0.496 e. The third-order valence-electron chi connectivity index (χ3n) is 2.46. The van der Waals surface area contributed by atoms with Crippen molar-refractivity contribution < 1.29 is 9.13 Å². The Bertz CT molecular complexity index is 422. The van der Waals surface area contributed by atoms with Crippen LogP contribution >= 0.6 is 11.6 Å². The summed E-state index contributed by atoms with van der Waals surface area (Å²) in [5.74, 6) is 5.68. The molecular weight excluding hydrogens is 231 g/mol. The van der Waals surface area contributed by atoms with Crippen molar-refractivity contribution in [2.24, 2.45) is 5.84 Å². The van der Waals surface area contributed by atoms with Gasteiger partial charge in [-0.25, -0.2) is 9.82 Å². The predicted octanol–water partition coefficient (Wildman–Crippen LogP) is 2.29. The summed E-state index contributed by atoms with van der Waals surface area (Å²) in [5, 5.41) is 0.360. The van der Waals surface area contributed by atoms with Crippen LogP contribution in [0.25, 0.3) is 0 Å². The zero-order valence-corrected chi connectivity index (χ0v) is 9.30. The minimum atomic E-state index is -0.459. The van der Waals surface area contributed by atoms with E-state index in [0.29, 0.717) is 23.0 Å². The van der Waals surface area contributed by atoms with E-state index in [4.69, 9.17) is 22.2 Å². The summed E-state index contributed by atoms with van der Waals surface area (Å²) in [7, 11) is 0. The molecule has 0 saturated carbocycles. The minimum Gasteiger partial charge on any atom is -0.496 e. The molecule has 1 aliphatic heterocycles. The first kappa shape index (κ1) is 11.4. The van der Waals surface area contributed by atoms with Crippen LogP contribution in [-0.2, 0) is 4.74 Å². The monoisotopic (exact) mass is 242 g/mol. The standard InChI is InChI=1S/C11H12ClFN2O/c12-7-3-4-8(9(13)6-7)11(15-14)10-2-1-5-16-10/h2-4,6,11,15H,1,5,14H2. The Kier molecular flexibility index (Phi) is 3.43. The molecule has 0 spiro atoms. The number of hydrogen-bond donors (Lipinski definition) is 2. The lowest BCUT2D eigenvalue weighted by molar-refractivity contribution is 0.214. The molecule has 0 amide bonds. The second-order valence-corrected chi connectivity index (χ2v) is 3.95. The van der Waals surface area contributed by atoms with Crippen molar-refractivity contribution in [1.29, 1.82) is 0 Å². The molecular formula is C11H12ClFN2O. The first-order valence-electron chi connectivity index (χ1n) is 4.96. The molecule has 86 valence electrons. The topological polar surface area (TPSA) is 47.3 Å².